The van der Waals surface area contributed by atoms with E-state index >= 15 is 0 Å². The predicted molar refractivity (Wildman–Crippen MR) is 92.7 cm³/mol. The fourth-order valence-electron chi connectivity index (χ4n) is 2.43. The molecule has 22 heavy (non-hydrogen) atoms. The third-order valence-electron chi connectivity index (χ3n) is 4.03. The second-order valence-corrected chi connectivity index (χ2v) is 6.26. The maximum atomic E-state index is 9.77. The molecule has 0 aliphatic carbocycles. The summed E-state index contributed by atoms with van der Waals surface area (Å²) in [5.74, 6) is 0. The standard InChI is InChI=1S/C18H37NO3/c1-2-3-4-5-6-7-8-9-10-11-12-16(21)13-14-18(22)17(19)15-20/h13-14,16-18,20-22H,2-12,15,19H2,1H3/b14-13+. The zero-order chi connectivity index (χ0) is 16.6. The van der Waals surface area contributed by atoms with Gasteiger partial charge >= 0.3 is 0 Å². The van der Waals surface area contributed by atoms with E-state index in [-0.39, 0.29) is 6.61 Å². The van der Waals surface area contributed by atoms with Crippen LogP contribution >= 0.6 is 0 Å². The molecular weight excluding hydrogens is 278 g/mol. The SMILES string of the molecule is CCCCCCCCCCCCC(O)/C=C/C(O)C(N)CO. The lowest BCUT2D eigenvalue weighted by molar-refractivity contribution is 0.141. The van der Waals surface area contributed by atoms with Crippen LogP contribution in [0.2, 0.25) is 0 Å². The molecule has 3 unspecified atom stereocenters. The van der Waals surface area contributed by atoms with Crippen LogP contribution in [0.5, 0.6) is 0 Å². The summed E-state index contributed by atoms with van der Waals surface area (Å²) in [6, 6.07) is -0.680. The van der Waals surface area contributed by atoms with Crippen LogP contribution in [0, 0.1) is 0 Å². The molecule has 0 spiro atoms. The second-order valence-electron chi connectivity index (χ2n) is 6.26. The Morgan fingerprint density at radius 1 is 0.818 bits per heavy atom. The molecule has 0 rings (SSSR count). The first-order valence-electron chi connectivity index (χ1n) is 9.02. The molecule has 0 aromatic heterocycles. The average Bonchev–Trinajstić information content (AvgIpc) is 2.53. The van der Waals surface area contributed by atoms with Crippen molar-refractivity contribution in [3.63, 3.8) is 0 Å². The maximum Gasteiger partial charge on any atom is 0.0895 e. The molecule has 0 radical (unpaired) electrons. The van der Waals surface area contributed by atoms with Gasteiger partial charge in [-0.1, -0.05) is 83.3 Å². The van der Waals surface area contributed by atoms with E-state index in [1.165, 1.54) is 57.4 Å². The van der Waals surface area contributed by atoms with E-state index in [0.717, 1.165) is 12.8 Å². The first kappa shape index (κ1) is 21.6. The summed E-state index contributed by atoms with van der Waals surface area (Å²) in [6.07, 6.45) is 15.1. The fourth-order valence-corrected chi connectivity index (χ4v) is 2.43. The quantitative estimate of drug-likeness (QED) is 0.276. The molecule has 0 fully saturated rings. The number of aliphatic hydroxyl groups excluding tert-OH is 3. The van der Waals surface area contributed by atoms with Gasteiger partial charge in [-0.15, -0.1) is 0 Å². The summed E-state index contributed by atoms with van der Waals surface area (Å²) in [5, 5.41) is 28.1. The van der Waals surface area contributed by atoms with Crippen molar-refractivity contribution in [2.45, 2.75) is 95.8 Å². The van der Waals surface area contributed by atoms with Gasteiger partial charge in [-0.25, -0.2) is 0 Å². The first-order chi connectivity index (χ1) is 10.6. The van der Waals surface area contributed by atoms with Crippen molar-refractivity contribution in [2.24, 2.45) is 5.73 Å². The van der Waals surface area contributed by atoms with Crippen molar-refractivity contribution in [1.82, 2.24) is 0 Å². The Balaban J connectivity index is 3.42. The van der Waals surface area contributed by atoms with Gasteiger partial charge < -0.3 is 21.1 Å². The molecule has 0 saturated heterocycles. The molecule has 0 aliphatic heterocycles. The van der Waals surface area contributed by atoms with Crippen molar-refractivity contribution < 1.29 is 15.3 Å². The van der Waals surface area contributed by atoms with Crippen molar-refractivity contribution in [3.8, 4) is 0 Å². The molecule has 0 aromatic rings. The van der Waals surface area contributed by atoms with Crippen LogP contribution in [0.25, 0.3) is 0 Å². The Morgan fingerprint density at radius 3 is 1.82 bits per heavy atom. The Hall–Kier alpha value is -0.420. The highest BCUT2D eigenvalue weighted by atomic mass is 16.3. The van der Waals surface area contributed by atoms with Crippen LogP contribution < -0.4 is 5.73 Å². The van der Waals surface area contributed by atoms with Crippen molar-refractivity contribution in [3.05, 3.63) is 12.2 Å². The van der Waals surface area contributed by atoms with Gasteiger partial charge in [-0.2, -0.15) is 0 Å². The lowest BCUT2D eigenvalue weighted by Gasteiger charge is -2.13. The van der Waals surface area contributed by atoms with E-state index in [0.29, 0.717) is 6.42 Å². The van der Waals surface area contributed by atoms with Crippen molar-refractivity contribution in [1.29, 1.82) is 0 Å². The second kappa shape index (κ2) is 15.5. The average molecular weight is 315 g/mol. The number of aliphatic hydroxyl groups is 3. The highest BCUT2D eigenvalue weighted by Crippen LogP contribution is 2.12. The summed E-state index contributed by atoms with van der Waals surface area (Å²) in [5.41, 5.74) is 5.48. The minimum absolute atomic E-state index is 0.264. The zero-order valence-electron chi connectivity index (χ0n) is 14.3. The molecule has 0 heterocycles. The van der Waals surface area contributed by atoms with Gasteiger partial charge in [0.2, 0.25) is 0 Å². The molecule has 5 N–H and O–H groups in total. The molecule has 0 bridgehead atoms. The van der Waals surface area contributed by atoms with E-state index in [1.807, 2.05) is 0 Å². The highest BCUT2D eigenvalue weighted by Gasteiger charge is 2.10. The Labute approximate surface area is 136 Å². The number of hydrogen-bond donors (Lipinski definition) is 4. The van der Waals surface area contributed by atoms with Crippen LogP contribution in [0.1, 0.15) is 77.6 Å². The molecular formula is C18H37NO3. The van der Waals surface area contributed by atoms with Crippen LogP contribution in [0.15, 0.2) is 12.2 Å². The van der Waals surface area contributed by atoms with Crippen molar-refractivity contribution in [2.75, 3.05) is 6.61 Å². The van der Waals surface area contributed by atoms with E-state index in [1.54, 1.807) is 6.08 Å². The maximum absolute atomic E-state index is 9.77. The molecule has 0 aromatic carbocycles. The fraction of sp³-hybridized carbons (Fsp3) is 0.889. The lowest BCUT2D eigenvalue weighted by Crippen LogP contribution is -2.36. The summed E-state index contributed by atoms with van der Waals surface area (Å²) in [4.78, 5) is 0. The third kappa shape index (κ3) is 13.3. The number of hydrogen-bond acceptors (Lipinski definition) is 4. The summed E-state index contributed by atoms with van der Waals surface area (Å²) < 4.78 is 0. The van der Waals surface area contributed by atoms with Gasteiger partial charge in [0.15, 0.2) is 0 Å². The summed E-state index contributed by atoms with van der Waals surface area (Å²) in [6.45, 7) is 1.98. The van der Waals surface area contributed by atoms with Gasteiger partial charge in [0, 0.05) is 0 Å². The van der Waals surface area contributed by atoms with Crippen LogP contribution in [-0.2, 0) is 0 Å². The normalized spacial score (nSPS) is 16.0. The minimum atomic E-state index is -0.896. The van der Waals surface area contributed by atoms with E-state index < -0.39 is 18.2 Å². The molecule has 0 aliphatic rings. The number of unbranched alkanes of at least 4 members (excludes halogenated alkanes) is 9. The number of rotatable bonds is 15. The number of nitrogens with two attached hydrogens (primary N) is 1. The monoisotopic (exact) mass is 315 g/mol. The smallest absolute Gasteiger partial charge is 0.0895 e. The summed E-state index contributed by atoms with van der Waals surface area (Å²) in [7, 11) is 0. The van der Waals surface area contributed by atoms with Gasteiger partial charge in [0.25, 0.3) is 0 Å². The molecule has 4 nitrogen and oxygen atoms in total. The van der Waals surface area contributed by atoms with E-state index in [9.17, 15) is 10.2 Å². The molecule has 132 valence electrons. The first-order valence-corrected chi connectivity index (χ1v) is 9.02. The Bertz CT molecular complexity index is 259. The van der Waals surface area contributed by atoms with Gasteiger partial charge in [0.05, 0.1) is 24.9 Å². The third-order valence-corrected chi connectivity index (χ3v) is 4.03. The lowest BCUT2D eigenvalue weighted by atomic mass is 10.0. The Morgan fingerprint density at radius 2 is 1.32 bits per heavy atom. The predicted octanol–water partition coefficient (Wildman–Crippen LogP) is 2.90. The van der Waals surface area contributed by atoms with Gasteiger partial charge in [-0.3, -0.25) is 0 Å². The summed E-state index contributed by atoms with van der Waals surface area (Å²) >= 11 is 0. The van der Waals surface area contributed by atoms with Crippen LogP contribution in [-0.4, -0.2) is 40.2 Å². The largest absolute Gasteiger partial charge is 0.395 e. The topological polar surface area (TPSA) is 86.7 Å². The zero-order valence-corrected chi connectivity index (χ0v) is 14.3. The minimum Gasteiger partial charge on any atom is -0.395 e. The van der Waals surface area contributed by atoms with Crippen molar-refractivity contribution >= 4 is 0 Å². The molecule has 3 atom stereocenters. The van der Waals surface area contributed by atoms with Crippen LogP contribution in [0.3, 0.4) is 0 Å². The van der Waals surface area contributed by atoms with Gasteiger partial charge in [0.1, 0.15) is 0 Å². The highest BCUT2D eigenvalue weighted by molar-refractivity contribution is 4.97. The Kier molecular flexibility index (Phi) is 15.2. The molecule has 0 amide bonds. The molecule has 4 heteroatoms. The van der Waals surface area contributed by atoms with E-state index in [4.69, 9.17) is 10.8 Å². The van der Waals surface area contributed by atoms with E-state index in [2.05, 4.69) is 6.92 Å². The molecule has 0 saturated carbocycles. The van der Waals surface area contributed by atoms with Gasteiger partial charge in [-0.05, 0) is 6.42 Å². The van der Waals surface area contributed by atoms with Crippen LogP contribution in [0.4, 0.5) is 0 Å².